The van der Waals surface area contributed by atoms with Gasteiger partial charge in [-0.2, -0.15) is 0 Å². The molecule has 18 heavy (non-hydrogen) atoms. The van der Waals surface area contributed by atoms with E-state index < -0.39 is 0 Å². The zero-order valence-corrected chi connectivity index (χ0v) is 12.6. The quantitative estimate of drug-likeness (QED) is 0.810. The first-order chi connectivity index (χ1) is 8.69. The Bertz CT molecular complexity index is 229. The summed E-state index contributed by atoms with van der Waals surface area (Å²) in [6.45, 7) is 9.67. The molecule has 4 unspecified atom stereocenters. The minimum atomic E-state index is 0.688. The Labute approximate surface area is 114 Å². The largest absolute Gasteiger partial charge is 0.312 e. The Morgan fingerprint density at radius 3 is 2.28 bits per heavy atom. The molecule has 0 bridgehead atoms. The van der Waals surface area contributed by atoms with Crippen molar-refractivity contribution in [2.45, 2.75) is 83.8 Å². The smallest absolute Gasteiger partial charge is 0.00979 e. The summed E-state index contributed by atoms with van der Waals surface area (Å²) in [7, 11) is 0. The summed E-state index contributed by atoms with van der Waals surface area (Å²) in [4.78, 5) is 2.82. The van der Waals surface area contributed by atoms with Crippen molar-refractivity contribution in [3.63, 3.8) is 0 Å². The van der Waals surface area contributed by atoms with Crippen LogP contribution in [0.4, 0.5) is 0 Å². The molecule has 4 atom stereocenters. The average molecular weight is 252 g/mol. The molecular weight excluding hydrogens is 220 g/mol. The molecule has 1 N–H and O–H groups in total. The van der Waals surface area contributed by atoms with Crippen LogP contribution in [-0.4, -0.2) is 36.1 Å². The van der Waals surface area contributed by atoms with Crippen molar-refractivity contribution in [3.8, 4) is 0 Å². The Balaban J connectivity index is 1.89. The number of rotatable bonds is 2. The van der Waals surface area contributed by atoms with E-state index in [1.165, 1.54) is 58.0 Å². The van der Waals surface area contributed by atoms with Crippen molar-refractivity contribution in [3.05, 3.63) is 0 Å². The molecule has 2 fully saturated rings. The molecule has 1 aliphatic carbocycles. The first kappa shape index (κ1) is 14.3. The molecule has 106 valence electrons. The Hall–Kier alpha value is -0.0800. The minimum absolute atomic E-state index is 0.688. The fourth-order valence-corrected chi connectivity index (χ4v) is 3.81. The van der Waals surface area contributed by atoms with Gasteiger partial charge in [0.25, 0.3) is 0 Å². The summed E-state index contributed by atoms with van der Waals surface area (Å²) in [5.74, 6) is 1.00. The minimum Gasteiger partial charge on any atom is -0.312 e. The third-order valence-corrected chi connectivity index (χ3v) is 5.12. The molecule has 2 rings (SSSR count). The highest BCUT2D eigenvalue weighted by Gasteiger charge is 2.27. The van der Waals surface area contributed by atoms with Gasteiger partial charge in [0.05, 0.1) is 0 Å². The second-order valence-corrected chi connectivity index (χ2v) is 6.68. The van der Waals surface area contributed by atoms with Crippen LogP contribution in [0.15, 0.2) is 0 Å². The van der Waals surface area contributed by atoms with Crippen LogP contribution in [0.3, 0.4) is 0 Å². The standard InChI is InChI=1S/C16H32N2/c1-4-15-6-5-7-16(12-15)18-10-8-13(2)17-14(3)9-11-18/h13-17H,4-12H2,1-3H3. The first-order valence-electron chi connectivity index (χ1n) is 8.19. The zero-order chi connectivity index (χ0) is 13.0. The number of nitrogens with zero attached hydrogens (tertiary/aromatic N) is 1. The number of hydrogen-bond acceptors (Lipinski definition) is 2. The molecular formula is C16H32N2. The Morgan fingerprint density at radius 2 is 1.67 bits per heavy atom. The van der Waals surface area contributed by atoms with Crippen LogP contribution < -0.4 is 5.32 Å². The van der Waals surface area contributed by atoms with Crippen molar-refractivity contribution >= 4 is 0 Å². The maximum atomic E-state index is 3.70. The van der Waals surface area contributed by atoms with Gasteiger partial charge in [0.1, 0.15) is 0 Å². The van der Waals surface area contributed by atoms with Crippen LogP contribution in [0.1, 0.15) is 65.7 Å². The zero-order valence-electron chi connectivity index (χ0n) is 12.6. The highest BCUT2D eigenvalue weighted by Crippen LogP contribution is 2.30. The van der Waals surface area contributed by atoms with Crippen LogP contribution in [0.25, 0.3) is 0 Å². The second kappa shape index (κ2) is 6.91. The van der Waals surface area contributed by atoms with Gasteiger partial charge in [0.2, 0.25) is 0 Å². The molecule has 0 amide bonds. The van der Waals surface area contributed by atoms with E-state index in [9.17, 15) is 0 Å². The molecule has 2 heteroatoms. The van der Waals surface area contributed by atoms with Crippen LogP contribution in [-0.2, 0) is 0 Å². The third-order valence-electron chi connectivity index (χ3n) is 5.12. The van der Waals surface area contributed by atoms with Gasteiger partial charge >= 0.3 is 0 Å². The van der Waals surface area contributed by atoms with Crippen LogP contribution in [0.2, 0.25) is 0 Å². The predicted molar refractivity (Wildman–Crippen MR) is 78.9 cm³/mol. The monoisotopic (exact) mass is 252 g/mol. The highest BCUT2D eigenvalue weighted by molar-refractivity contribution is 4.83. The van der Waals surface area contributed by atoms with E-state index in [-0.39, 0.29) is 0 Å². The van der Waals surface area contributed by atoms with Crippen molar-refractivity contribution in [2.24, 2.45) is 5.92 Å². The van der Waals surface area contributed by atoms with Crippen molar-refractivity contribution < 1.29 is 0 Å². The third kappa shape index (κ3) is 3.96. The molecule has 0 radical (unpaired) electrons. The van der Waals surface area contributed by atoms with Crippen LogP contribution >= 0.6 is 0 Å². The Morgan fingerprint density at radius 1 is 1.00 bits per heavy atom. The molecule has 1 saturated heterocycles. The van der Waals surface area contributed by atoms with Crippen LogP contribution in [0, 0.1) is 5.92 Å². The second-order valence-electron chi connectivity index (χ2n) is 6.68. The summed E-state index contributed by atoms with van der Waals surface area (Å²) in [5.41, 5.74) is 0. The highest BCUT2D eigenvalue weighted by atomic mass is 15.2. The van der Waals surface area contributed by atoms with E-state index in [1.807, 2.05) is 0 Å². The van der Waals surface area contributed by atoms with Gasteiger partial charge in [0.15, 0.2) is 0 Å². The van der Waals surface area contributed by atoms with E-state index in [4.69, 9.17) is 0 Å². The lowest BCUT2D eigenvalue weighted by Gasteiger charge is -2.40. The van der Waals surface area contributed by atoms with Crippen LogP contribution in [0.5, 0.6) is 0 Å². The lowest BCUT2D eigenvalue weighted by molar-refractivity contribution is 0.109. The lowest BCUT2D eigenvalue weighted by atomic mass is 9.83. The van der Waals surface area contributed by atoms with Gasteiger partial charge in [-0.15, -0.1) is 0 Å². The van der Waals surface area contributed by atoms with E-state index in [0.29, 0.717) is 12.1 Å². The van der Waals surface area contributed by atoms with E-state index >= 15 is 0 Å². The number of nitrogens with one attached hydrogen (secondary N) is 1. The molecule has 0 aromatic heterocycles. The molecule has 2 nitrogen and oxygen atoms in total. The topological polar surface area (TPSA) is 15.3 Å². The molecule has 1 aliphatic heterocycles. The van der Waals surface area contributed by atoms with Gasteiger partial charge in [-0.3, -0.25) is 0 Å². The van der Waals surface area contributed by atoms with E-state index in [2.05, 4.69) is 31.0 Å². The summed E-state index contributed by atoms with van der Waals surface area (Å²) >= 11 is 0. The molecule has 1 heterocycles. The Kier molecular flexibility index (Phi) is 5.50. The molecule has 2 aliphatic rings. The van der Waals surface area contributed by atoms with Gasteiger partial charge in [0, 0.05) is 18.1 Å². The van der Waals surface area contributed by atoms with Gasteiger partial charge in [-0.05, 0) is 58.5 Å². The average Bonchev–Trinajstić information content (AvgIpc) is 2.36. The van der Waals surface area contributed by atoms with Crippen molar-refractivity contribution in [2.75, 3.05) is 13.1 Å². The first-order valence-corrected chi connectivity index (χ1v) is 8.19. The fraction of sp³-hybridized carbons (Fsp3) is 1.00. The predicted octanol–water partition coefficient (Wildman–Crippen LogP) is 3.42. The van der Waals surface area contributed by atoms with Crippen molar-refractivity contribution in [1.29, 1.82) is 0 Å². The van der Waals surface area contributed by atoms with E-state index in [1.54, 1.807) is 0 Å². The van der Waals surface area contributed by atoms with Gasteiger partial charge < -0.3 is 10.2 Å². The molecule has 1 saturated carbocycles. The maximum absolute atomic E-state index is 3.70. The van der Waals surface area contributed by atoms with Gasteiger partial charge in [-0.25, -0.2) is 0 Å². The van der Waals surface area contributed by atoms with E-state index in [0.717, 1.165) is 12.0 Å². The summed E-state index contributed by atoms with van der Waals surface area (Å²) in [6, 6.07) is 2.27. The lowest BCUT2D eigenvalue weighted by Crippen LogP contribution is -2.47. The molecule has 0 spiro atoms. The normalized spacial score (nSPS) is 40.2. The summed E-state index contributed by atoms with van der Waals surface area (Å²) < 4.78 is 0. The van der Waals surface area contributed by atoms with Gasteiger partial charge in [-0.1, -0.05) is 26.2 Å². The number of hydrogen-bond donors (Lipinski definition) is 1. The SMILES string of the molecule is CCC1CCCC(N2CCC(C)NC(C)CC2)C1. The van der Waals surface area contributed by atoms with Crippen molar-refractivity contribution in [1.82, 2.24) is 10.2 Å². The summed E-state index contributed by atoms with van der Waals surface area (Å²) in [5, 5.41) is 3.70. The molecule has 0 aromatic rings. The summed E-state index contributed by atoms with van der Waals surface area (Å²) in [6.07, 6.45) is 9.88. The maximum Gasteiger partial charge on any atom is 0.00979 e. The molecule has 0 aromatic carbocycles. The fourth-order valence-electron chi connectivity index (χ4n) is 3.81.